The summed E-state index contributed by atoms with van der Waals surface area (Å²) in [7, 11) is 0. The Morgan fingerprint density at radius 3 is 2.66 bits per heavy atom. The van der Waals surface area contributed by atoms with Gasteiger partial charge in [0.1, 0.15) is 17.6 Å². The molecule has 0 saturated heterocycles. The van der Waals surface area contributed by atoms with E-state index in [0.717, 1.165) is 18.5 Å². The highest BCUT2D eigenvalue weighted by Crippen LogP contribution is 2.67. The Bertz CT molecular complexity index is 1100. The van der Waals surface area contributed by atoms with Gasteiger partial charge < -0.3 is 20.7 Å². The maximum atomic E-state index is 13.4. The van der Waals surface area contributed by atoms with E-state index < -0.39 is 29.2 Å². The van der Waals surface area contributed by atoms with Crippen LogP contribution in [0.2, 0.25) is 0 Å². The lowest BCUT2D eigenvalue weighted by molar-refractivity contribution is -0.173. The molecule has 32 heavy (non-hydrogen) atoms. The van der Waals surface area contributed by atoms with Gasteiger partial charge in [-0.1, -0.05) is 0 Å². The number of carbonyl (C=O) groups is 2. The van der Waals surface area contributed by atoms with Crippen molar-refractivity contribution >= 4 is 29.3 Å². The Morgan fingerprint density at radius 2 is 1.88 bits per heavy atom. The van der Waals surface area contributed by atoms with Crippen LogP contribution >= 0.6 is 0 Å². The number of rotatable bonds is 1. The zero-order valence-corrected chi connectivity index (χ0v) is 17.1. The number of amides is 2. The number of pyridine rings is 1. The van der Waals surface area contributed by atoms with Crippen LogP contribution in [-0.4, -0.2) is 38.8 Å². The zero-order chi connectivity index (χ0) is 22.1. The first-order valence-electron chi connectivity index (χ1n) is 10.7. The van der Waals surface area contributed by atoms with Crippen molar-refractivity contribution in [1.29, 1.82) is 0 Å². The zero-order valence-electron chi connectivity index (χ0n) is 17.1. The van der Waals surface area contributed by atoms with E-state index in [9.17, 15) is 18.4 Å². The lowest BCUT2D eigenvalue weighted by atomic mass is 9.39. The molecule has 0 spiro atoms. The molecule has 8 bridgehead atoms. The molecule has 9 nitrogen and oxygen atoms in total. The fourth-order valence-electron chi connectivity index (χ4n) is 5.69. The molecular weight excluding hydrogens is 422 g/mol. The molecule has 4 saturated carbocycles. The molecule has 0 aromatic carbocycles. The predicted molar refractivity (Wildman–Crippen MR) is 109 cm³/mol. The van der Waals surface area contributed by atoms with Gasteiger partial charge in [-0.25, -0.2) is 18.6 Å². The van der Waals surface area contributed by atoms with Crippen molar-refractivity contribution < 1.29 is 23.1 Å². The Morgan fingerprint density at radius 1 is 1.06 bits per heavy atom. The van der Waals surface area contributed by atoms with E-state index in [1.54, 1.807) is 0 Å². The first-order chi connectivity index (χ1) is 15.3. The predicted octanol–water partition coefficient (Wildman–Crippen LogP) is 3.72. The summed E-state index contributed by atoms with van der Waals surface area (Å²) in [6.45, 7) is 0. The molecule has 0 unspecified atom stereocenters. The standard InChI is InChI=1S/C21H22F2N6O3/c22-17(23)14-4-11-5-15(25-14)26-18(30)20-7-21(8-20,9-20)27-19(31)32-12-2-1-10(3-12)13-6-16(24-11)29-28-13/h4-6,10,12,17H,1-3,7-9H2,(H,27,31)(H2,24,28,29)(H,25,26,30)/t10-,12+,20?,21?/m0/s1. The highest BCUT2D eigenvalue weighted by Gasteiger charge is 2.72. The van der Waals surface area contributed by atoms with Gasteiger partial charge in [-0.2, -0.15) is 5.10 Å². The van der Waals surface area contributed by atoms with Crippen LogP contribution in [0.4, 0.5) is 30.9 Å². The molecule has 2 atom stereocenters. The summed E-state index contributed by atoms with van der Waals surface area (Å²) in [5.74, 6) is 0.406. The molecule has 2 aromatic heterocycles. The number of nitrogens with zero attached hydrogens (tertiary/aromatic N) is 2. The fraction of sp³-hybridized carbons (Fsp3) is 0.524. The average molecular weight is 444 g/mol. The largest absolute Gasteiger partial charge is 0.446 e. The van der Waals surface area contributed by atoms with Crippen molar-refractivity contribution in [3.8, 4) is 0 Å². The minimum atomic E-state index is -2.79. The number of hydrogen-bond acceptors (Lipinski definition) is 6. The van der Waals surface area contributed by atoms with Crippen molar-refractivity contribution in [2.24, 2.45) is 5.41 Å². The second kappa shape index (κ2) is 6.63. The summed E-state index contributed by atoms with van der Waals surface area (Å²) in [5.41, 5.74) is -0.213. The molecule has 11 heteroatoms. The Balaban J connectivity index is 1.33. The summed E-state index contributed by atoms with van der Waals surface area (Å²) in [5, 5.41) is 15.9. The lowest BCUT2D eigenvalue weighted by Gasteiger charge is -2.68. The summed E-state index contributed by atoms with van der Waals surface area (Å²) in [6, 6.07) is 4.58. The number of H-pyrrole nitrogens is 1. The summed E-state index contributed by atoms with van der Waals surface area (Å²) in [4.78, 5) is 29.2. The van der Waals surface area contributed by atoms with E-state index in [1.807, 2.05) is 6.07 Å². The molecule has 2 amide bonds. The molecule has 9 rings (SSSR count). The van der Waals surface area contributed by atoms with Gasteiger partial charge in [-0.15, -0.1) is 0 Å². The number of alkyl halides is 2. The number of hydrogen-bond donors (Lipinski definition) is 4. The molecule has 7 aliphatic rings. The smallest absolute Gasteiger partial charge is 0.407 e. The van der Waals surface area contributed by atoms with E-state index >= 15 is 0 Å². The lowest BCUT2D eigenvalue weighted by Crippen LogP contribution is -2.77. The van der Waals surface area contributed by atoms with Crippen LogP contribution in [0.15, 0.2) is 18.2 Å². The van der Waals surface area contributed by atoms with Crippen molar-refractivity contribution in [3.05, 3.63) is 29.6 Å². The number of anilines is 3. The average Bonchev–Trinajstić information content (AvgIpc) is 3.32. The van der Waals surface area contributed by atoms with Gasteiger partial charge in [0.15, 0.2) is 5.82 Å². The van der Waals surface area contributed by atoms with Crippen LogP contribution in [0, 0.1) is 5.41 Å². The van der Waals surface area contributed by atoms with Gasteiger partial charge in [0, 0.05) is 35.0 Å². The topological polar surface area (TPSA) is 121 Å². The minimum absolute atomic E-state index is 0.0527. The first kappa shape index (κ1) is 19.4. The highest BCUT2D eigenvalue weighted by molar-refractivity contribution is 5.98. The number of aromatic amines is 1. The molecule has 4 aliphatic carbocycles. The highest BCUT2D eigenvalue weighted by atomic mass is 19.3. The normalized spacial score (nSPS) is 33.0. The van der Waals surface area contributed by atoms with Crippen molar-refractivity contribution in [3.63, 3.8) is 0 Å². The molecule has 3 aliphatic heterocycles. The fourth-order valence-corrected chi connectivity index (χ4v) is 5.69. The summed E-state index contributed by atoms with van der Waals surface area (Å²) < 4.78 is 32.5. The molecule has 2 aromatic rings. The number of carbonyl (C=O) groups excluding carboxylic acids is 2. The van der Waals surface area contributed by atoms with Gasteiger partial charge in [0.2, 0.25) is 5.91 Å². The monoisotopic (exact) mass is 444 g/mol. The molecule has 168 valence electrons. The summed E-state index contributed by atoms with van der Waals surface area (Å²) in [6.07, 6.45) is 0.372. The molecule has 4 N–H and O–H groups in total. The van der Waals surface area contributed by atoms with Crippen molar-refractivity contribution in [2.75, 3.05) is 10.6 Å². The Labute approximate surface area is 181 Å². The molecule has 4 fully saturated rings. The van der Waals surface area contributed by atoms with Crippen LogP contribution in [0.1, 0.15) is 62.3 Å². The Kier molecular flexibility index (Phi) is 4.03. The maximum absolute atomic E-state index is 13.4. The number of halogens is 2. The first-order valence-corrected chi connectivity index (χ1v) is 10.7. The minimum Gasteiger partial charge on any atom is -0.446 e. The van der Waals surface area contributed by atoms with Gasteiger partial charge >= 0.3 is 6.09 Å². The van der Waals surface area contributed by atoms with Crippen LogP contribution < -0.4 is 16.0 Å². The van der Waals surface area contributed by atoms with Crippen LogP contribution in [0.5, 0.6) is 0 Å². The maximum Gasteiger partial charge on any atom is 0.407 e. The number of alkyl carbamates (subject to hydrolysis) is 1. The quantitative estimate of drug-likeness (QED) is 0.532. The van der Waals surface area contributed by atoms with E-state index in [1.165, 1.54) is 12.1 Å². The van der Waals surface area contributed by atoms with E-state index in [4.69, 9.17) is 4.74 Å². The van der Waals surface area contributed by atoms with E-state index in [2.05, 4.69) is 31.1 Å². The molecular formula is C21H22F2N6O3. The van der Waals surface area contributed by atoms with Gasteiger partial charge in [0.25, 0.3) is 6.43 Å². The van der Waals surface area contributed by atoms with Crippen LogP contribution in [-0.2, 0) is 9.53 Å². The van der Waals surface area contributed by atoms with Crippen LogP contribution in [0.25, 0.3) is 0 Å². The van der Waals surface area contributed by atoms with Crippen molar-refractivity contribution in [2.45, 2.75) is 62.5 Å². The van der Waals surface area contributed by atoms with Gasteiger partial charge in [0.05, 0.1) is 5.41 Å². The third-order valence-electron chi connectivity index (χ3n) is 7.16. The van der Waals surface area contributed by atoms with Gasteiger partial charge in [-0.3, -0.25) is 9.89 Å². The Hall–Kier alpha value is -3.24. The second-order valence-electron chi connectivity index (χ2n) is 9.51. The molecule has 5 heterocycles. The molecule has 0 radical (unpaired) electrons. The van der Waals surface area contributed by atoms with Crippen LogP contribution in [0.3, 0.4) is 0 Å². The summed E-state index contributed by atoms with van der Waals surface area (Å²) >= 11 is 0. The van der Waals surface area contributed by atoms with E-state index in [0.29, 0.717) is 37.2 Å². The van der Waals surface area contributed by atoms with Gasteiger partial charge in [-0.05, 0) is 44.6 Å². The number of ether oxygens (including phenoxy) is 1. The second-order valence-corrected chi connectivity index (χ2v) is 9.51. The van der Waals surface area contributed by atoms with E-state index in [-0.39, 0.29) is 23.7 Å². The third kappa shape index (κ3) is 3.09. The number of nitrogens with one attached hydrogen (secondary N) is 4. The number of aromatic nitrogens is 3. The van der Waals surface area contributed by atoms with Crippen molar-refractivity contribution in [1.82, 2.24) is 20.5 Å². The third-order valence-corrected chi connectivity index (χ3v) is 7.16. The SMILES string of the molecule is O=C1NC23CC(C2)(C3)C(=O)Nc2cc(cc(C(F)F)n2)Nc2cc([nH]n2)[C@H]2CC[C@H](C2)O1.